The first-order valence-electron chi connectivity index (χ1n) is 6.20. The number of hydrogen-bond donors (Lipinski definition) is 2. The maximum Gasteiger partial charge on any atom is 0.271 e. The Morgan fingerprint density at radius 1 is 1.40 bits per heavy atom. The molecule has 2 rings (SSSR count). The molecule has 0 unspecified atom stereocenters. The fourth-order valence-corrected chi connectivity index (χ4v) is 1.62. The van der Waals surface area contributed by atoms with Crippen molar-refractivity contribution in [3.8, 4) is 5.75 Å². The van der Waals surface area contributed by atoms with Crippen LogP contribution >= 0.6 is 0 Å². The van der Waals surface area contributed by atoms with E-state index in [1.807, 2.05) is 31.2 Å². The largest absolute Gasteiger partial charge is 0.492 e. The molecule has 6 heteroatoms. The normalized spacial score (nSPS) is 10.1. The number of nitrogens with zero attached hydrogens (tertiary/aromatic N) is 2. The summed E-state index contributed by atoms with van der Waals surface area (Å²) in [5.74, 6) is 0.675. The Labute approximate surface area is 117 Å². The number of anilines is 1. The van der Waals surface area contributed by atoms with E-state index < -0.39 is 0 Å². The molecular formula is C14H16N4O2. The van der Waals surface area contributed by atoms with Crippen molar-refractivity contribution in [1.29, 1.82) is 0 Å². The molecule has 2 aromatic rings. The molecule has 1 heterocycles. The first-order valence-corrected chi connectivity index (χ1v) is 6.20. The molecule has 1 amide bonds. The molecule has 0 saturated carbocycles. The Kier molecular flexibility index (Phi) is 4.49. The first-order chi connectivity index (χ1) is 9.65. The zero-order valence-electron chi connectivity index (χ0n) is 11.2. The third-order valence-electron chi connectivity index (χ3n) is 2.53. The summed E-state index contributed by atoms with van der Waals surface area (Å²) in [6.07, 6.45) is 2.75. The van der Waals surface area contributed by atoms with Gasteiger partial charge in [0.1, 0.15) is 23.9 Å². The summed E-state index contributed by atoms with van der Waals surface area (Å²) >= 11 is 0. The summed E-state index contributed by atoms with van der Waals surface area (Å²) in [5.41, 5.74) is 6.78. The van der Waals surface area contributed by atoms with E-state index in [1.54, 1.807) is 0 Å². The number of carbonyl (C=O) groups excluding carboxylic acids is 1. The number of nitrogen functional groups attached to an aromatic ring is 1. The highest BCUT2D eigenvalue weighted by atomic mass is 16.5. The van der Waals surface area contributed by atoms with Crippen LogP contribution in [0.25, 0.3) is 0 Å². The van der Waals surface area contributed by atoms with Gasteiger partial charge in [-0.3, -0.25) is 9.78 Å². The smallest absolute Gasteiger partial charge is 0.271 e. The predicted octanol–water partition coefficient (Wildman–Crippen LogP) is 1.18. The second-order valence-corrected chi connectivity index (χ2v) is 4.25. The molecule has 20 heavy (non-hydrogen) atoms. The van der Waals surface area contributed by atoms with E-state index in [9.17, 15) is 4.79 Å². The fourth-order valence-electron chi connectivity index (χ4n) is 1.62. The van der Waals surface area contributed by atoms with Gasteiger partial charge in [-0.15, -0.1) is 0 Å². The quantitative estimate of drug-likeness (QED) is 0.797. The molecule has 1 aromatic carbocycles. The molecule has 0 aliphatic carbocycles. The lowest BCUT2D eigenvalue weighted by molar-refractivity contribution is 0.0941. The first kappa shape index (κ1) is 13.8. The monoisotopic (exact) mass is 272 g/mol. The zero-order valence-corrected chi connectivity index (χ0v) is 11.2. The van der Waals surface area contributed by atoms with Crippen LogP contribution in [0.2, 0.25) is 0 Å². The summed E-state index contributed by atoms with van der Waals surface area (Å²) in [5, 5.41) is 2.69. The third kappa shape index (κ3) is 3.94. The van der Waals surface area contributed by atoms with Gasteiger partial charge in [0.25, 0.3) is 5.91 Å². The minimum absolute atomic E-state index is 0.195. The second-order valence-electron chi connectivity index (χ2n) is 4.25. The molecule has 0 radical (unpaired) electrons. The number of nitrogens with one attached hydrogen (secondary N) is 1. The lowest BCUT2D eigenvalue weighted by Gasteiger charge is -2.08. The van der Waals surface area contributed by atoms with Gasteiger partial charge in [-0.1, -0.05) is 12.1 Å². The highest BCUT2D eigenvalue weighted by molar-refractivity contribution is 5.92. The van der Waals surface area contributed by atoms with Gasteiger partial charge in [0.05, 0.1) is 18.9 Å². The molecule has 0 atom stereocenters. The molecule has 0 fully saturated rings. The molecule has 0 saturated heterocycles. The van der Waals surface area contributed by atoms with Gasteiger partial charge in [-0.05, 0) is 24.6 Å². The van der Waals surface area contributed by atoms with Crippen molar-refractivity contribution in [2.75, 3.05) is 18.9 Å². The van der Waals surface area contributed by atoms with Crippen molar-refractivity contribution in [1.82, 2.24) is 15.3 Å². The molecule has 1 aromatic heterocycles. The van der Waals surface area contributed by atoms with Crippen LogP contribution in [0.1, 0.15) is 16.1 Å². The maximum absolute atomic E-state index is 11.7. The highest BCUT2D eigenvalue weighted by Gasteiger charge is 2.07. The Morgan fingerprint density at radius 3 is 3.00 bits per heavy atom. The number of carbonyl (C=O) groups is 1. The lowest BCUT2D eigenvalue weighted by Crippen LogP contribution is -2.29. The minimum Gasteiger partial charge on any atom is -0.492 e. The van der Waals surface area contributed by atoms with Gasteiger partial charge in [0.2, 0.25) is 0 Å². The Bertz CT molecular complexity index is 601. The van der Waals surface area contributed by atoms with Crippen LogP contribution in [0.15, 0.2) is 36.7 Å². The van der Waals surface area contributed by atoms with Gasteiger partial charge in [-0.25, -0.2) is 4.98 Å². The Morgan fingerprint density at radius 2 is 2.25 bits per heavy atom. The number of amides is 1. The van der Waals surface area contributed by atoms with E-state index in [4.69, 9.17) is 10.5 Å². The zero-order chi connectivity index (χ0) is 14.4. The standard InChI is InChI=1S/C14H16N4O2/c1-10-3-2-4-11(7-10)20-6-5-17-14(19)12-8-16-9-13(15)18-12/h2-4,7-9H,5-6H2,1H3,(H2,15,18)(H,17,19). The summed E-state index contributed by atoms with van der Waals surface area (Å²) in [6.45, 7) is 2.75. The number of benzene rings is 1. The molecule has 104 valence electrons. The van der Waals surface area contributed by atoms with Gasteiger partial charge < -0.3 is 15.8 Å². The number of hydrogen-bond acceptors (Lipinski definition) is 5. The number of ether oxygens (including phenoxy) is 1. The summed E-state index contributed by atoms with van der Waals surface area (Å²) in [6, 6.07) is 7.72. The third-order valence-corrected chi connectivity index (χ3v) is 2.53. The molecule has 6 nitrogen and oxygen atoms in total. The molecule has 0 aliphatic heterocycles. The van der Waals surface area contributed by atoms with Gasteiger partial charge in [-0.2, -0.15) is 0 Å². The van der Waals surface area contributed by atoms with Crippen LogP contribution < -0.4 is 15.8 Å². The van der Waals surface area contributed by atoms with E-state index in [1.165, 1.54) is 12.4 Å². The van der Waals surface area contributed by atoms with Gasteiger partial charge >= 0.3 is 0 Å². The van der Waals surface area contributed by atoms with Crippen molar-refractivity contribution in [3.63, 3.8) is 0 Å². The number of rotatable bonds is 5. The van der Waals surface area contributed by atoms with E-state index in [0.717, 1.165) is 11.3 Å². The average molecular weight is 272 g/mol. The molecule has 0 aliphatic rings. The van der Waals surface area contributed by atoms with Crippen LogP contribution in [-0.4, -0.2) is 29.0 Å². The average Bonchev–Trinajstić information content (AvgIpc) is 2.43. The molecule has 3 N–H and O–H groups in total. The summed E-state index contributed by atoms with van der Waals surface area (Å²) in [7, 11) is 0. The van der Waals surface area contributed by atoms with E-state index in [0.29, 0.717) is 13.2 Å². The maximum atomic E-state index is 11.7. The summed E-state index contributed by atoms with van der Waals surface area (Å²) < 4.78 is 5.52. The Balaban J connectivity index is 1.77. The van der Waals surface area contributed by atoms with Crippen LogP contribution in [0.3, 0.4) is 0 Å². The van der Waals surface area contributed by atoms with Crippen molar-refractivity contribution >= 4 is 11.7 Å². The van der Waals surface area contributed by atoms with E-state index in [-0.39, 0.29) is 17.4 Å². The van der Waals surface area contributed by atoms with Crippen LogP contribution in [0, 0.1) is 6.92 Å². The van der Waals surface area contributed by atoms with Crippen LogP contribution in [-0.2, 0) is 0 Å². The SMILES string of the molecule is Cc1cccc(OCCNC(=O)c2cncc(N)n2)c1. The second kappa shape index (κ2) is 6.51. The Hall–Kier alpha value is -2.63. The summed E-state index contributed by atoms with van der Waals surface area (Å²) in [4.78, 5) is 19.4. The van der Waals surface area contributed by atoms with Crippen molar-refractivity contribution in [3.05, 3.63) is 47.9 Å². The van der Waals surface area contributed by atoms with Gasteiger partial charge in [0, 0.05) is 0 Å². The molecule has 0 bridgehead atoms. The van der Waals surface area contributed by atoms with Crippen molar-refractivity contribution < 1.29 is 9.53 Å². The van der Waals surface area contributed by atoms with Crippen molar-refractivity contribution in [2.24, 2.45) is 0 Å². The predicted molar refractivity (Wildman–Crippen MR) is 75.5 cm³/mol. The van der Waals surface area contributed by atoms with E-state index >= 15 is 0 Å². The number of aromatic nitrogens is 2. The highest BCUT2D eigenvalue weighted by Crippen LogP contribution is 2.11. The van der Waals surface area contributed by atoms with Gasteiger partial charge in [0.15, 0.2) is 0 Å². The van der Waals surface area contributed by atoms with E-state index in [2.05, 4.69) is 15.3 Å². The van der Waals surface area contributed by atoms with Crippen molar-refractivity contribution in [2.45, 2.75) is 6.92 Å². The molecular weight excluding hydrogens is 256 g/mol. The molecule has 0 spiro atoms. The topological polar surface area (TPSA) is 90.1 Å². The minimum atomic E-state index is -0.322. The number of aryl methyl sites for hydroxylation is 1. The van der Waals surface area contributed by atoms with Crippen LogP contribution in [0.4, 0.5) is 5.82 Å². The lowest BCUT2D eigenvalue weighted by atomic mass is 10.2. The fraction of sp³-hybridized carbons (Fsp3) is 0.214. The number of nitrogens with two attached hydrogens (primary N) is 1. The van der Waals surface area contributed by atoms with Crippen LogP contribution in [0.5, 0.6) is 5.75 Å².